The fraction of sp³-hybridized carbons (Fsp3) is 0.389. The molecule has 0 aliphatic rings. The molecular formula is C18H25N2O3P. The SMILES string of the molecule is CC(C)OP(=O)(OC(C)C)C(Nc1ccccc1)c1ccncc1. The van der Waals surface area contributed by atoms with Gasteiger partial charge in [0.15, 0.2) is 5.78 Å². The van der Waals surface area contributed by atoms with Gasteiger partial charge in [0, 0.05) is 18.1 Å². The summed E-state index contributed by atoms with van der Waals surface area (Å²) in [5.41, 5.74) is 1.65. The van der Waals surface area contributed by atoms with E-state index in [9.17, 15) is 4.57 Å². The summed E-state index contributed by atoms with van der Waals surface area (Å²) < 4.78 is 25.2. The second-order valence-corrected chi connectivity index (χ2v) is 8.06. The summed E-state index contributed by atoms with van der Waals surface area (Å²) in [4.78, 5) is 4.04. The van der Waals surface area contributed by atoms with Crippen molar-refractivity contribution in [2.24, 2.45) is 0 Å². The standard InChI is InChI=1S/C18H25N2O3P/c1-14(2)22-24(21,23-15(3)4)18(16-10-12-19-13-11-16)20-17-8-6-5-7-9-17/h5-15,18,20H,1-4H3. The quantitative estimate of drug-likeness (QED) is 0.662. The Morgan fingerprint density at radius 2 is 1.46 bits per heavy atom. The molecule has 0 radical (unpaired) electrons. The zero-order chi connectivity index (χ0) is 17.6. The summed E-state index contributed by atoms with van der Waals surface area (Å²) in [6, 6.07) is 13.3. The number of benzene rings is 1. The number of nitrogens with zero attached hydrogens (tertiary/aromatic N) is 1. The fourth-order valence-electron chi connectivity index (χ4n) is 2.32. The Morgan fingerprint density at radius 1 is 0.917 bits per heavy atom. The summed E-state index contributed by atoms with van der Waals surface area (Å²) in [5, 5.41) is 3.31. The maximum absolute atomic E-state index is 13.6. The molecule has 1 aromatic carbocycles. The van der Waals surface area contributed by atoms with Crippen molar-refractivity contribution < 1.29 is 13.6 Å². The van der Waals surface area contributed by atoms with Gasteiger partial charge < -0.3 is 14.4 Å². The van der Waals surface area contributed by atoms with Gasteiger partial charge in [0.1, 0.15) is 0 Å². The average molecular weight is 348 g/mol. The highest BCUT2D eigenvalue weighted by Crippen LogP contribution is 2.62. The van der Waals surface area contributed by atoms with Gasteiger partial charge in [-0.3, -0.25) is 9.55 Å². The lowest BCUT2D eigenvalue weighted by Gasteiger charge is -2.31. The Hall–Kier alpha value is -1.68. The third-order valence-electron chi connectivity index (χ3n) is 3.13. The zero-order valence-corrected chi connectivity index (χ0v) is 15.4. The lowest BCUT2D eigenvalue weighted by atomic mass is 10.2. The van der Waals surface area contributed by atoms with Crippen LogP contribution in [0.2, 0.25) is 0 Å². The first-order valence-corrected chi connectivity index (χ1v) is 9.70. The number of anilines is 1. The maximum Gasteiger partial charge on any atom is 0.357 e. The van der Waals surface area contributed by atoms with Gasteiger partial charge in [-0.1, -0.05) is 18.2 Å². The number of rotatable bonds is 8. The number of aromatic nitrogens is 1. The molecule has 2 rings (SSSR count). The number of nitrogens with one attached hydrogen (secondary N) is 1. The number of para-hydroxylation sites is 1. The number of hydrogen-bond donors (Lipinski definition) is 1. The maximum atomic E-state index is 13.6. The van der Waals surface area contributed by atoms with Crippen LogP contribution in [0.1, 0.15) is 39.0 Å². The van der Waals surface area contributed by atoms with Crippen molar-refractivity contribution >= 4 is 13.3 Å². The van der Waals surface area contributed by atoms with E-state index in [1.807, 2.05) is 70.2 Å². The lowest BCUT2D eigenvalue weighted by molar-refractivity contribution is 0.138. The number of hydrogen-bond acceptors (Lipinski definition) is 5. The van der Waals surface area contributed by atoms with E-state index in [-0.39, 0.29) is 12.2 Å². The molecular weight excluding hydrogens is 323 g/mol. The van der Waals surface area contributed by atoms with Crippen LogP contribution in [0.15, 0.2) is 54.9 Å². The van der Waals surface area contributed by atoms with E-state index in [4.69, 9.17) is 9.05 Å². The highest BCUT2D eigenvalue weighted by molar-refractivity contribution is 7.54. The largest absolute Gasteiger partial charge is 0.368 e. The molecule has 1 atom stereocenters. The van der Waals surface area contributed by atoms with Gasteiger partial charge in [0.25, 0.3) is 0 Å². The van der Waals surface area contributed by atoms with Crippen molar-refractivity contribution in [1.29, 1.82) is 0 Å². The van der Waals surface area contributed by atoms with Crippen molar-refractivity contribution in [2.45, 2.75) is 45.7 Å². The minimum absolute atomic E-state index is 0.225. The zero-order valence-electron chi connectivity index (χ0n) is 14.5. The van der Waals surface area contributed by atoms with Gasteiger partial charge in [-0.2, -0.15) is 0 Å². The van der Waals surface area contributed by atoms with Gasteiger partial charge in [-0.05, 0) is 57.5 Å². The average Bonchev–Trinajstić information content (AvgIpc) is 2.52. The van der Waals surface area contributed by atoms with E-state index < -0.39 is 13.4 Å². The second kappa shape index (κ2) is 8.43. The van der Waals surface area contributed by atoms with E-state index >= 15 is 0 Å². The first-order chi connectivity index (χ1) is 11.4. The van der Waals surface area contributed by atoms with Gasteiger partial charge in [0.2, 0.25) is 0 Å². The molecule has 2 aromatic rings. The molecule has 0 aliphatic heterocycles. The Bertz CT molecular complexity index is 648. The predicted octanol–water partition coefficient (Wildman–Crippen LogP) is 5.24. The Balaban J connectivity index is 2.43. The first-order valence-electron chi connectivity index (χ1n) is 8.09. The van der Waals surface area contributed by atoms with Crippen molar-refractivity contribution in [2.75, 3.05) is 5.32 Å². The first kappa shape index (κ1) is 18.7. The Kier molecular flexibility index (Phi) is 6.55. The van der Waals surface area contributed by atoms with Crippen LogP contribution in [-0.4, -0.2) is 17.2 Å². The lowest BCUT2D eigenvalue weighted by Crippen LogP contribution is -2.19. The molecule has 1 heterocycles. The highest BCUT2D eigenvalue weighted by atomic mass is 31.2. The van der Waals surface area contributed by atoms with Crippen LogP contribution in [0.4, 0.5) is 5.69 Å². The minimum atomic E-state index is -3.47. The van der Waals surface area contributed by atoms with Crippen LogP contribution >= 0.6 is 7.60 Å². The molecule has 0 spiro atoms. The molecule has 1 N–H and O–H groups in total. The summed E-state index contributed by atoms with van der Waals surface area (Å²) >= 11 is 0. The van der Waals surface area contributed by atoms with Crippen LogP contribution in [0.3, 0.4) is 0 Å². The van der Waals surface area contributed by atoms with Crippen LogP contribution in [0.5, 0.6) is 0 Å². The minimum Gasteiger partial charge on any atom is -0.368 e. The van der Waals surface area contributed by atoms with Gasteiger partial charge >= 0.3 is 7.60 Å². The van der Waals surface area contributed by atoms with Crippen LogP contribution in [0.25, 0.3) is 0 Å². The highest BCUT2D eigenvalue weighted by Gasteiger charge is 2.39. The summed E-state index contributed by atoms with van der Waals surface area (Å²) in [5.74, 6) is -0.618. The molecule has 5 nitrogen and oxygen atoms in total. The molecule has 1 aromatic heterocycles. The third kappa shape index (κ3) is 5.17. The molecule has 24 heavy (non-hydrogen) atoms. The fourth-order valence-corrected chi connectivity index (χ4v) is 4.63. The topological polar surface area (TPSA) is 60.5 Å². The molecule has 0 saturated heterocycles. The molecule has 6 heteroatoms. The molecule has 0 fully saturated rings. The molecule has 0 aliphatic carbocycles. The Morgan fingerprint density at radius 3 is 1.96 bits per heavy atom. The van der Waals surface area contributed by atoms with Crippen LogP contribution < -0.4 is 5.32 Å². The van der Waals surface area contributed by atoms with E-state index in [1.54, 1.807) is 12.4 Å². The van der Waals surface area contributed by atoms with E-state index in [1.165, 1.54) is 0 Å². The smallest absolute Gasteiger partial charge is 0.357 e. The van der Waals surface area contributed by atoms with Crippen molar-refractivity contribution in [3.63, 3.8) is 0 Å². The van der Waals surface area contributed by atoms with Gasteiger partial charge in [-0.15, -0.1) is 0 Å². The van der Waals surface area contributed by atoms with E-state index in [0.29, 0.717) is 0 Å². The molecule has 130 valence electrons. The predicted molar refractivity (Wildman–Crippen MR) is 97.1 cm³/mol. The van der Waals surface area contributed by atoms with Crippen LogP contribution in [-0.2, 0) is 13.6 Å². The van der Waals surface area contributed by atoms with E-state index in [2.05, 4.69) is 10.3 Å². The second-order valence-electron chi connectivity index (χ2n) is 6.04. The normalized spacial score (nSPS) is 13.2. The van der Waals surface area contributed by atoms with Crippen molar-refractivity contribution in [1.82, 2.24) is 4.98 Å². The van der Waals surface area contributed by atoms with E-state index in [0.717, 1.165) is 11.3 Å². The summed E-state index contributed by atoms with van der Waals surface area (Å²) in [7, 11) is -3.47. The summed E-state index contributed by atoms with van der Waals surface area (Å²) in [6.07, 6.45) is 2.89. The Labute approximate surface area is 144 Å². The van der Waals surface area contributed by atoms with Gasteiger partial charge in [0.05, 0.1) is 12.2 Å². The monoisotopic (exact) mass is 348 g/mol. The van der Waals surface area contributed by atoms with Crippen molar-refractivity contribution in [3.8, 4) is 0 Å². The van der Waals surface area contributed by atoms with Crippen molar-refractivity contribution in [3.05, 3.63) is 60.4 Å². The molecule has 0 bridgehead atoms. The van der Waals surface area contributed by atoms with Crippen LogP contribution in [0, 0.1) is 0 Å². The number of pyridine rings is 1. The summed E-state index contributed by atoms with van der Waals surface area (Å²) in [6.45, 7) is 7.40. The third-order valence-corrected chi connectivity index (χ3v) is 5.62. The molecule has 0 amide bonds. The molecule has 0 saturated carbocycles. The molecule has 1 unspecified atom stereocenters. The van der Waals surface area contributed by atoms with Gasteiger partial charge in [-0.25, -0.2) is 0 Å².